The van der Waals surface area contributed by atoms with Gasteiger partial charge in [-0.1, -0.05) is 60.7 Å². The number of aromatic amines is 3. The number of hydrogen-bond donors (Lipinski definition) is 18. The van der Waals surface area contributed by atoms with Crippen LogP contribution < -0.4 is 69.6 Å². The van der Waals surface area contributed by atoms with E-state index < -0.39 is 83.6 Å². The SMILES string of the molecule is CN(CCC(=O)Nc1ccc2cc3ccc(NC(=O)CCN(C)CC(=O)N[C@@H](Cc4ccccc4)C(=O)N[C@@H](CCCNC(=N)N)C(=O)N[C@@H](Cc4c[nH]cn4)C(=O)O)cc3[nH+]c2c1)CC(=O)N[C@@H](Cc1ccccc1)C(=O)N[C@@H](CCCNC(=N)N)C(=O)N[C@@H](Cc1c[nH]cn1)C(=O)O. The molecule has 33 heteroatoms. The highest BCUT2D eigenvalue weighted by Gasteiger charge is 2.33. The number of nitrogens with two attached hydrogens (primary N) is 2. The molecule has 0 spiro atoms. The Morgan fingerprint density at radius 2 is 0.870 bits per heavy atom. The number of guanidine groups is 2. The molecule has 0 aliphatic heterocycles. The Morgan fingerprint density at radius 3 is 1.23 bits per heavy atom. The minimum absolute atomic E-state index is 0.0153. The average molecular weight is 1380 g/mol. The van der Waals surface area contributed by atoms with Crippen LogP contribution in [0, 0.1) is 10.8 Å². The predicted molar refractivity (Wildman–Crippen MR) is 370 cm³/mol. The molecule has 0 radical (unpaired) electrons. The van der Waals surface area contributed by atoms with E-state index in [4.69, 9.17) is 22.3 Å². The van der Waals surface area contributed by atoms with Crippen LogP contribution in [0.3, 0.4) is 0 Å². The molecule has 0 aliphatic carbocycles. The van der Waals surface area contributed by atoms with Crippen molar-refractivity contribution in [1.29, 1.82) is 10.8 Å². The minimum atomic E-state index is -1.39. The molecule has 0 saturated heterocycles. The molecule has 7 aromatic rings. The van der Waals surface area contributed by atoms with Gasteiger partial charge in [0.05, 0.1) is 37.1 Å². The number of aliphatic carboxylic acids is 2. The first-order valence-electron chi connectivity index (χ1n) is 32.2. The van der Waals surface area contributed by atoms with Crippen molar-refractivity contribution in [1.82, 2.24) is 72.3 Å². The average Bonchev–Trinajstić information content (AvgIpc) is 0.986. The van der Waals surface area contributed by atoms with E-state index in [-0.39, 0.29) is 127 Å². The largest absolute Gasteiger partial charge is 0.480 e. The molecule has 100 heavy (non-hydrogen) atoms. The summed E-state index contributed by atoms with van der Waals surface area (Å²) in [5.74, 6) is -8.06. The van der Waals surface area contributed by atoms with Crippen LogP contribution in [0.1, 0.15) is 61.0 Å². The van der Waals surface area contributed by atoms with Gasteiger partial charge in [-0.15, -0.1) is 0 Å². The molecule has 3 heterocycles. The predicted octanol–water partition coefficient (Wildman–Crippen LogP) is -0.651. The second-order valence-electron chi connectivity index (χ2n) is 24.0. The zero-order valence-corrected chi connectivity index (χ0v) is 55.3. The molecule has 0 unspecified atom stereocenters. The maximum Gasteiger partial charge on any atom is 0.326 e. The summed E-state index contributed by atoms with van der Waals surface area (Å²) in [7, 11) is 3.27. The Balaban J connectivity index is 0.901. The van der Waals surface area contributed by atoms with E-state index in [0.717, 1.165) is 10.8 Å². The number of nitrogens with zero attached hydrogens (tertiary/aromatic N) is 4. The van der Waals surface area contributed by atoms with E-state index in [1.54, 1.807) is 109 Å². The van der Waals surface area contributed by atoms with Crippen molar-refractivity contribution >= 4 is 104 Å². The summed E-state index contributed by atoms with van der Waals surface area (Å²) in [4.78, 5) is 154. The number of rotatable bonds is 40. The summed E-state index contributed by atoms with van der Waals surface area (Å²) in [5, 5.41) is 63.5. The van der Waals surface area contributed by atoms with Crippen molar-refractivity contribution < 1.29 is 63.1 Å². The van der Waals surface area contributed by atoms with Crippen molar-refractivity contribution in [2.75, 3.05) is 64.0 Å². The van der Waals surface area contributed by atoms with Crippen LogP contribution in [0.5, 0.6) is 0 Å². The van der Waals surface area contributed by atoms with Gasteiger partial charge in [-0.3, -0.25) is 59.0 Å². The summed E-state index contributed by atoms with van der Waals surface area (Å²) in [6, 6.07) is 22.7. The van der Waals surface area contributed by atoms with Crippen molar-refractivity contribution in [2.24, 2.45) is 11.5 Å². The third-order valence-electron chi connectivity index (χ3n) is 15.8. The van der Waals surface area contributed by atoms with Gasteiger partial charge in [0.15, 0.2) is 11.9 Å². The molecule has 0 aliphatic rings. The molecule has 8 amide bonds. The normalized spacial score (nSPS) is 12.9. The summed E-state index contributed by atoms with van der Waals surface area (Å²) in [6.45, 7) is 0.192. The van der Waals surface area contributed by atoms with Gasteiger partial charge >= 0.3 is 11.9 Å². The van der Waals surface area contributed by atoms with Gasteiger partial charge in [0.25, 0.3) is 0 Å². The number of anilines is 2. The van der Waals surface area contributed by atoms with E-state index >= 15 is 0 Å². The van der Waals surface area contributed by atoms with Gasteiger partial charge in [0.2, 0.25) is 58.3 Å². The molecule has 4 aromatic carbocycles. The first-order chi connectivity index (χ1) is 47.9. The zero-order valence-electron chi connectivity index (χ0n) is 55.3. The lowest BCUT2D eigenvalue weighted by Crippen LogP contribution is -2.57. The van der Waals surface area contributed by atoms with E-state index in [2.05, 4.69) is 78.1 Å². The number of hydrogen-bond acceptors (Lipinski definition) is 16. The Morgan fingerprint density at radius 1 is 0.490 bits per heavy atom. The van der Waals surface area contributed by atoms with Crippen molar-refractivity contribution in [3.8, 4) is 0 Å². The molecule has 0 bridgehead atoms. The van der Waals surface area contributed by atoms with E-state index in [1.165, 1.54) is 25.0 Å². The number of imidazole rings is 2. The second kappa shape index (κ2) is 38.2. The van der Waals surface area contributed by atoms with Gasteiger partial charge in [0.1, 0.15) is 36.3 Å². The Bertz CT molecular complexity index is 3710. The fraction of sp³-hybridized carbons (Fsp3) is 0.358. The van der Waals surface area contributed by atoms with Gasteiger partial charge in [-0.25, -0.2) is 24.5 Å². The van der Waals surface area contributed by atoms with Crippen LogP contribution in [-0.2, 0) is 73.6 Å². The number of amides is 8. The number of nitrogens with one attached hydrogen (secondary N) is 15. The molecule has 7 rings (SSSR count). The van der Waals surface area contributed by atoms with Crippen LogP contribution in [0.25, 0.3) is 21.8 Å². The van der Waals surface area contributed by atoms with Crippen LogP contribution >= 0.6 is 0 Å². The fourth-order valence-corrected chi connectivity index (χ4v) is 10.6. The Labute approximate surface area is 575 Å². The third kappa shape index (κ3) is 25.6. The smallest absolute Gasteiger partial charge is 0.326 e. The summed E-state index contributed by atoms with van der Waals surface area (Å²) in [6.07, 6.45) is 6.00. The monoisotopic (exact) mass is 1380 g/mol. The molecule has 0 fully saturated rings. The van der Waals surface area contributed by atoms with Crippen LogP contribution in [0.2, 0.25) is 0 Å². The molecule has 530 valence electrons. The fourth-order valence-electron chi connectivity index (χ4n) is 10.6. The molecule has 21 N–H and O–H groups in total. The number of pyridine rings is 1. The number of benzene rings is 4. The van der Waals surface area contributed by atoms with Gasteiger partial charge in [0, 0.05) is 111 Å². The quantitative estimate of drug-likeness (QED) is 0.00982. The summed E-state index contributed by atoms with van der Waals surface area (Å²) in [5.41, 5.74) is 15.3. The number of carboxylic acids is 2. The van der Waals surface area contributed by atoms with Crippen molar-refractivity contribution in [2.45, 2.75) is 100 Å². The van der Waals surface area contributed by atoms with Gasteiger partial charge in [-0.05, 0) is 81.2 Å². The number of carbonyl (C=O) groups is 10. The van der Waals surface area contributed by atoms with E-state index in [1.807, 2.05) is 18.2 Å². The first kappa shape index (κ1) is 75.5. The molecular formula is C67H86N21O12+. The van der Waals surface area contributed by atoms with Crippen LogP contribution in [0.15, 0.2) is 128 Å². The van der Waals surface area contributed by atoms with Crippen molar-refractivity contribution in [3.05, 3.63) is 151 Å². The number of likely N-dealkylation sites (N-methyl/N-ethyl adjacent to an activating group) is 2. The number of aromatic nitrogens is 5. The number of carboxylic acid groups (broad SMARTS) is 2. The maximum atomic E-state index is 14.1. The van der Waals surface area contributed by atoms with Crippen LogP contribution in [-0.4, -0.2) is 201 Å². The highest BCUT2D eigenvalue weighted by molar-refractivity contribution is 5.98. The lowest BCUT2D eigenvalue weighted by Gasteiger charge is -2.25. The third-order valence-corrected chi connectivity index (χ3v) is 15.8. The number of fused-ring (bicyclic) bond motifs is 2. The topological polar surface area (TPSA) is 509 Å². The van der Waals surface area contributed by atoms with E-state index in [0.29, 0.717) is 44.9 Å². The lowest BCUT2D eigenvalue weighted by molar-refractivity contribution is -0.310. The lowest BCUT2D eigenvalue weighted by atomic mass is 10.0. The van der Waals surface area contributed by atoms with Gasteiger partial charge < -0.3 is 84.8 Å². The number of carbonyl (C=O) groups excluding carboxylic acids is 8. The van der Waals surface area contributed by atoms with E-state index in [9.17, 15) is 58.2 Å². The number of H-pyrrole nitrogens is 3. The Hall–Kier alpha value is -11.9. The molecule has 33 nitrogen and oxygen atoms in total. The molecular weight excluding hydrogens is 1290 g/mol. The molecule has 0 saturated carbocycles. The summed E-state index contributed by atoms with van der Waals surface area (Å²) < 4.78 is 0. The first-order valence-corrected chi connectivity index (χ1v) is 32.2. The van der Waals surface area contributed by atoms with Crippen molar-refractivity contribution in [3.63, 3.8) is 0 Å². The maximum absolute atomic E-state index is 14.1. The van der Waals surface area contributed by atoms with Crippen LogP contribution in [0.4, 0.5) is 11.4 Å². The highest BCUT2D eigenvalue weighted by atomic mass is 16.4. The Kier molecular flexibility index (Phi) is 28.8. The molecule has 3 aromatic heterocycles. The highest BCUT2D eigenvalue weighted by Crippen LogP contribution is 2.23. The summed E-state index contributed by atoms with van der Waals surface area (Å²) >= 11 is 0. The van der Waals surface area contributed by atoms with Gasteiger partial charge in [-0.2, -0.15) is 0 Å². The molecule has 6 atom stereocenters. The second-order valence-corrected chi connectivity index (χ2v) is 24.0. The zero-order chi connectivity index (χ0) is 72.1. The minimum Gasteiger partial charge on any atom is -0.480 e. The standard InChI is InChI=1S/C67H85N21O12/c1-87(36-58(91)81-52(27-40-11-5-3-6-12-40)62(95)83-48(15-9-23-74-66(68)69)60(93)85-54(64(97)98)32-46-34-72-38-76-46)25-21-56(89)78-44-19-17-42-29-43-18-20-45(31-51(43)80-50(42)30-44)79-57(90)22-26-88(2)37-59(92)82-53(28-41-13-7-4-8-14-41)63(96)84-49(16-10-24-75-67(70)71)61(94)86-55(65(99)100)33-47-35-73-39-77-47/h3-8,11-14,17-20,29-31,34-35,38-39,48-49,52-55H,9-10,15-16,21-28,32-33,36-37H2,1-2H3,(H,72,76)(H,73,77)(H,78,89)(H,79,90)(H,81,91)(H,82,92)(H,83,95)(H,84,96)(H,85,93)(H,86,94)(H,97,98)(H,99,100)(H4,68,69,74)(H4,70,71,75)/p+1/t48-,49-,52-,53-,54-,55-/m0/s1.